The van der Waals surface area contributed by atoms with E-state index in [0.29, 0.717) is 13.2 Å². The molecule has 2 aromatic carbocycles. The minimum atomic E-state index is -0.224. The average Bonchev–Trinajstić information content (AvgIpc) is 3.19. The molecule has 0 aliphatic rings. The Morgan fingerprint density at radius 3 is 2.50 bits per heavy atom. The third-order valence-electron chi connectivity index (χ3n) is 4.40. The van der Waals surface area contributed by atoms with Gasteiger partial charge in [0.15, 0.2) is 0 Å². The highest BCUT2D eigenvalue weighted by molar-refractivity contribution is 5.88. The number of hydrogen-bond acceptors (Lipinski definition) is 3. The van der Waals surface area contributed by atoms with E-state index in [0.717, 1.165) is 29.7 Å². The number of halogens is 1. The Balaban J connectivity index is 1.58. The number of rotatable bonds is 9. The minimum Gasteiger partial charge on any atom is -0.372 e. The summed E-state index contributed by atoms with van der Waals surface area (Å²) in [5.74, 6) is -0.317. The SMILES string of the molecule is CC(=O)Nc1ccc(COC(CCc2ccc(F)cc2)Cn2ccnc2)cc1. The molecule has 1 aromatic heterocycles. The summed E-state index contributed by atoms with van der Waals surface area (Å²) in [5.41, 5.74) is 2.88. The van der Waals surface area contributed by atoms with Crippen LogP contribution in [0.25, 0.3) is 0 Å². The zero-order valence-electron chi connectivity index (χ0n) is 15.8. The molecule has 0 aliphatic heterocycles. The topological polar surface area (TPSA) is 56.1 Å². The molecule has 3 rings (SSSR count). The number of carbonyl (C=O) groups excluding carboxylic acids is 1. The van der Waals surface area contributed by atoms with E-state index in [1.165, 1.54) is 19.1 Å². The largest absolute Gasteiger partial charge is 0.372 e. The van der Waals surface area contributed by atoms with Crippen molar-refractivity contribution in [3.63, 3.8) is 0 Å². The molecule has 1 N–H and O–H groups in total. The van der Waals surface area contributed by atoms with Gasteiger partial charge < -0.3 is 14.6 Å². The van der Waals surface area contributed by atoms with Crippen molar-refractivity contribution < 1.29 is 13.9 Å². The van der Waals surface area contributed by atoms with Gasteiger partial charge in [0, 0.05) is 31.5 Å². The number of nitrogens with one attached hydrogen (secondary N) is 1. The molecule has 0 radical (unpaired) electrons. The summed E-state index contributed by atoms with van der Waals surface area (Å²) in [5, 5.41) is 2.75. The van der Waals surface area contributed by atoms with E-state index in [1.807, 2.05) is 47.2 Å². The van der Waals surface area contributed by atoms with Crippen LogP contribution in [0.2, 0.25) is 0 Å². The molecule has 28 heavy (non-hydrogen) atoms. The van der Waals surface area contributed by atoms with Crippen LogP contribution in [0.3, 0.4) is 0 Å². The van der Waals surface area contributed by atoms with Crippen LogP contribution in [-0.4, -0.2) is 21.6 Å². The molecule has 146 valence electrons. The van der Waals surface area contributed by atoms with Crippen LogP contribution in [0, 0.1) is 5.82 Å². The van der Waals surface area contributed by atoms with E-state index in [4.69, 9.17) is 4.74 Å². The number of carbonyl (C=O) groups is 1. The van der Waals surface area contributed by atoms with Crippen LogP contribution in [0.15, 0.2) is 67.3 Å². The zero-order chi connectivity index (χ0) is 19.8. The monoisotopic (exact) mass is 381 g/mol. The molecule has 6 heteroatoms. The standard InChI is InChI=1S/C22H24FN3O2/c1-17(27)25-21-9-4-19(5-10-21)15-28-22(14-26-13-12-24-16-26)11-6-18-2-7-20(23)8-3-18/h2-5,7-10,12-13,16,22H,6,11,14-15H2,1H3,(H,25,27). The van der Waals surface area contributed by atoms with Crippen LogP contribution >= 0.6 is 0 Å². The van der Waals surface area contributed by atoms with Crippen molar-refractivity contribution in [3.05, 3.63) is 84.2 Å². The predicted octanol–water partition coefficient (Wildman–Crippen LogP) is 4.20. The minimum absolute atomic E-state index is 0.00530. The second-order valence-corrected chi connectivity index (χ2v) is 6.74. The Labute approximate surface area is 164 Å². The van der Waals surface area contributed by atoms with Gasteiger partial charge in [-0.15, -0.1) is 0 Å². The zero-order valence-corrected chi connectivity index (χ0v) is 15.8. The summed E-state index contributed by atoms with van der Waals surface area (Å²) >= 11 is 0. The predicted molar refractivity (Wildman–Crippen MR) is 106 cm³/mol. The fourth-order valence-corrected chi connectivity index (χ4v) is 2.94. The highest BCUT2D eigenvalue weighted by atomic mass is 19.1. The molecule has 0 bridgehead atoms. The molecule has 1 unspecified atom stereocenters. The molecule has 3 aromatic rings. The second-order valence-electron chi connectivity index (χ2n) is 6.74. The van der Waals surface area contributed by atoms with Gasteiger partial charge in [0.05, 0.1) is 19.0 Å². The summed E-state index contributed by atoms with van der Waals surface area (Å²) in [6.45, 7) is 2.66. The van der Waals surface area contributed by atoms with E-state index >= 15 is 0 Å². The molecular formula is C22H24FN3O2. The first-order chi connectivity index (χ1) is 13.6. The maximum atomic E-state index is 13.1. The smallest absolute Gasteiger partial charge is 0.221 e. The van der Waals surface area contributed by atoms with Gasteiger partial charge in [0.1, 0.15) is 5.82 Å². The van der Waals surface area contributed by atoms with Crippen LogP contribution in [0.5, 0.6) is 0 Å². The fourth-order valence-electron chi connectivity index (χ4n) is 2.94. The lowest BCUT2D eigenvalue weighted by Gasteiger charge is -2.19. The molecular weight excluding hydrogens is 357 g/mol. The van der Waals surface area contributed by atoms with Gasteiger partial charge >= 0.3 is 0 Å². The van der Waals surface area contributed by atoms with Crippen molar-refractivity contribution in [2.24, 2.45) is 0 Å². The number of aryl methyl sites for hydroxylation is 1. The summed E-state index contributed by atoms with van der Waals surface area (Å²) in [4.78, 5) is 15.2. The fraction of sp³-hybridized carbons (Fsp3) is 0.273. The maximum absolute atomic E-state index is 13.1. The van der Waals surface area contributed by atoms with E-state index in [1.54, 1.807) is 12.5 Å². The quantitative estimate of drug-likeness (QED) is 0.604. The molecule has 0 fully saturated rings. The number of ether oxygens (including phenoxy) is 1. The van der Waals surface area contributed by atoms with E-state index in [2.05, 4.69) is 10.3 Å². The number of benzene rings is 2. The van der Waals surface area contributed by atoms with Crippen LogP contribution in [0.1, 0.15) is 24.5 Å². The first-order valence-corrected chi connectivity index (χ1v) is 9.27. The third kappa shape index (κ3) is 6.32. The van der Waals surface area contributed by atoms with Gasteiger partial charge in [-0.3, -0.25) is 4.79 Å². The molecule has 1 heterocycles. The Bertz CT molecular complexity index is 862. The van der Waals surface area contributed by atoms with Gasteiger partial charge in [0.25, 0.3) is 0 Å². The Morgan fingerprint density at radius 2 is 1.86 bits per heavy atom. The average molecular weight is 381 g/mol. The maximum Gasteiger partial charge on any atom is 0.221 e. The lowest BCUT2D eigenvalue weighted by molar-refractivity contribution is -0.114. The Kier molecular flexibility index (Phi) is 6.92. The van der Waals surface area contributed by atoms with Gasteiger partial charge in [-0.05, 0) is 48.2 Å². The van der Waals surface area contributed by atoms with Gasteiger partial charge in [-0.25, -0.2) is 9.37 Å². The van der Waals surface area contributed by atoms with Gasteiger partial charge in [-0.2, -0.15) is 0 Å². The van der Waals surface area contributed by atoms with Crippen molar-refractivity contribution in [2.75, 3.05) is 5.32 Å². The van der Waals surface area contributed by atoms with Crippen LogP contribution < -0.4 is 5.32 Å². The van der Waals surface area contributed by atoms with Crippen molar-refractivity contribution in [1.82, 2.24) is 9.55 Å². The van der Waals surface area contributed by atoms with Crippen LogP contribution in [-0.2, 0) is 29.1 Å². The second kappa shape index (κ2) is 9.80. The lowest BCUT2D eigenvalue weighted by Crippen LogP contribution is -2.20. The molecule has 5 nitrogen and oxygen atoms in total. The third-order valence-corrected chi connectivity index (χ3v) is 4.40. The number of nitrogens with zero attached hydrogens (tertiary/aromatic N) is 2. The van der Waals surface area contributed by atoms with Crippen molar-refractivity contribution >= 4 is 11.6 Å². The summed E-state index contributed by atoms with van der Waals surface area (Å²) in [7, 11) is 0. The summed E-state index contributed by atoms with van der Waals surface area (Å²) in [6, 6.07) is 14.2. The van der Waals surface area contributed by atoms with E-state index < -0.39 is 0 Å². The van der Waals surface area contributed by atoms with Gasteiger partial charge in [-0.1, -0.05) is 24.3 Å². The van der Waals surface area contributed by atoms with Crippen molar-refractivity contribution in [2.45, 2.75) is 39.0 Å². The van der Waals surface area contributed by atoms with Crippen molar-refractivity contribution in [1.29, 1.82) is 0 Å². The molecule has 0 spiro atoms. The number of hydrogen-bond donors (Lipinski definition) is 1. The normalized spacial score (nSPS) is 11.9. The number of aromatic nitrogens is 2. The summed E-state index contributed by atoms with van der Waals surface area (Å²) < 4.78 is 21.2. The number of imidazole rings is 1. The first kappa shape index (κ1) is 19.8. The highest BCUT2D eigenvalue weighted by Gasteiger charge is 2.11. The molecule has 1 atom stereocenters. The lowest BCUT2D eigenvalue weighted by atomic mass is 10.1. The van der Waals surface area contributed by atoms with Gasteiger partial charge in [0.2, 0.25) is 5.91 Å². The number of anilines is 1. The highest BCUT2D eigenvalue weighted by Crippen LogP contribution is 2.15. The first-order valence-electron chi connectivity index (χ1n) is 9.27. The van der Waals surface area contributed by atoms with Crippen LogP contribution in [0.4, 0.5) is 10.1 Å². The van der Waals surface area contributed by atoms with E-state index in [-0.39, 0.29) is 17.8 Å². The Hall–Kier alpha value is -2.99. The number of amides is 1. The summed E-state index contributed by atoms with van der Waals surface area (Å²) in [6.07, 6.45) is 7.05. The molecule has 0 saturated heterocycles. The Morgan fingerprint density at radius 1 is 1.14 bits per heavy atom. The van der Waals surface area contributed by atoms with Crippen molar-refractivity contribution in [3.8, 4) is 0 Å². The molecule has 0 aliphatic carbocycles. The van der Waals surface area contributed by atoms with E-state index in [9.17, 15) is 9.18 Å². The molecule has 1 amide bonds. The molecule has 0 saturated carbocycles.